The highest BCUT2D eigenvalue weighted by Crippen LogP contribution is 2.24. The first-order valence-electron chi connectivity index (χ1n) is 5.39. The van der Waals surface area contributed by atoms with Crippen molar-refractivity contribution in [2.24, 2.45) is 0 Å². The van der Waals surface area contributed by atoms with Crippen molar-refractivity contribution in [1.29, 1.82) is 5.26 Å². The second kappa shape index (κ2) is 4.67. The van der Waals surface area contributed by atoms with Gasteiger partial charge in [-0.1, -0.05) is 24.3 Å². The number of nitrogens with one attached hydrogen (secondary N) is 1. The number of nitriles is 1. The van der Waals surface area contributed by atoms with Crippen molar-refractivity contribution in [2.75, 3.05) is 5.32 Å². The van der Waals surface area contributed by atoms with Gasteiger partial charge in [-0.05, 0) is 25.1 Å². The van der Waals surface area contributed by atoms with E-state index in [1.165, 1.54) is 0 Å². The molecule has 2 aromatic rings. The van der Waals surface area contributed by atoms with E-state index in [9.17, 15) is 5.26 Å². The van der Waals surface area contributed by atoms with Gasteiger partial charge < -0.3 is 5.32 Å². The lowest BCUT2D eigenvalue weighted by atomic mass is 9.95. The number of hydrogen-bond donors (Lipinski definition) is 1. The van der Waals surface area contributed by atoms with E-state index in [1.54, 1.807) is 12.4 Å². The summed E-state index contributed by atoms with van der Waals surface area (Å²) in [6.07, 6.45) is 3.41. The molecule has 1 atom stereocenters. The first-order chi connectivity index (χ1) is 8.24. The van der Waals surface area contributed by atoms with Crippen molar-refractivity contribution in [3.05, 3.63) is 60.4 Å². The van der Waals surface area contributed by atoms with Gasteiger partial charge in [-0.15, -0.1) is 0 Å². The second-order valence-electron chi connectivity index (χ2n) is 3.97. The van der Waals surface area contributed by atoms with Crippen LogP contribution in [-0.4, -0.2) is 4.98 Å². The summed E-state index contributed by atoms with van der Waals surface area (Å²) in [6, 6.07) is 15.7. The Kier molecular flexibility index (Phi) is 3.06. The molecule has 0 spiro atoms. The number of rotatable bonds is 3. The summed E-state index contributed by atoms with van der Waals surface area (Å²) >= 11 is 0. The highest BCUT2D eigenvalue weighted by Gasteiger charge is 2.26. The van der Waals surface area contributed by atoms with Gasteiger partial charge in [0.15, 0.2) is 0 Å². The van der Waals surface area contributed by atoms with Crippen molar-refractivity contribution in [2.45, 2.75) is 12.5 Å². The molecule has 17 heavy (non-hydrogen) atoms. The van der Waals surface area contributed by atoms with Crippen molar-refractivity contribution >= 4 is 5.69 Å². The topological polar surface area (TPSA) is 48.7 Å². The van der Waals surface area contributed by atoms with Gasteiger partial charge in [0, 0.05) is 23.6 Å². The molecule has 3 heteroatoms. The van der Waals surface area contributed by atoms with Crippen LogP contribution in [0.5, 0.6) is 0 Å². The molecule has 3 nitrogen and oxygen atoms in total. The third kappa shape index (κ3) is 2.43. The first kappa shape index (κ1) is 11.2. The van der Waals surface area contributed by atoms with Gasteiger partial charge in [0.05, 0.1) is 6.07 Å². The van der Waals surface area contributed by atoms with E-state index in [-0.39, 0.29) is 0 Å². The molecule has 1 N–H and O–H groups in total. The van der Waals surface area contributed by atoms with E-state index in [0.29, 0.717) is 0 Å². The Labute approximate surface area is 101 Å². The fourth-order valence-electron chi connectivity index (χ4n) is 1.63. The van der Waals surface area contributed by atoms with Crippen LogP contribution >= 0.6 is 0 Å². The highest BCUT2D eigenvalue weighted by molar-refractivity contribution is 5.49. The van der Waals surface area contributed by atoms with Gasteiger partial charge >= 0.3 is 0 Å². The Morgan fingerprint density at radius 1 is 1.18 bits per heavy atom. The van der Waals surface area contributed by atoms with Gasteiger partial charge in [-0.2, -0.15) is 5.26 Å². The predicted molar refractivity (Wildman–Crippen MR) is 67.3 cm³/mol. The van der Waals surface area contributed by atoms with Crippen LogP contribution in [0.25, 0.3) is 0 Å². The third-order valence-electron chi connectivity index (χ3n) is 2.63. The molecule has 1 unspecified atom stereocenters. The van der Waals surface area contributed by atoms with Crippen molar-refractivity contribution in [3.63, 3.8) is 0 Å². The molecule has 0 aliphatic rings. The molecule has 0 fully saturated rings. The summed E-state index contributed by atoms with van der Waals surface area (Å²) in [5, 5.41) is 12.6. The Morgan fingerprint density at radius 2 is 1.94 bits per heavy atom. The van der Waals surface area contributed by atoms with Gasteiger partial charge in [-0.25, -0.2) is 0 Å². The Balaban J connectivity index is 2.31. The van der Waals surface area contributed by atoms with Crippen molar-refractivity contribution in [1.82, 2.24) is 4.98 Å². The van der Waals surface area contributed by atoms with E-state index < -0.39 is 5.54 Å². The Bertz CT molecular complexity index is 516. The Hall–Kier alpha value is -2.34. The number of para-hydroxylation sites is 1. The van der Waals surface area contributed by atoms with Gasteiger partial charge in [-0.3, -0.25) is 4.98 Å². The van der Waals surface area contributed by atoms with Crippen LogP contribution in [-0.2, 0) is 5.54 Å². The van der Waals surface area contributed by atoms with Crippen LogP contribution < -0.4 is 5.32 Å². The van der Waals surface area contributed by atoms with Crippen LogP contribution in [0, 0.1) is 11.3 Å². The summed E-state index contributed by atoms with van der Waals surface area (Å²) in [4.78, 5) is 4.05. The predicted octanol–water partition coefficient (Wildman–Crippen LogP) is 2.93. The van der Waals surface area contributed by atoms with E-state index in [0.717, 1.165) is 11.3 Å². The lowest BCUT2D eigenvalue weighted by molar-refractivity contribution is 0.702. The lowest BCUT2D eigenvalue weighted by Crippen LogP contribution is -2.30. The summed E-state index contributed by atoms with van der Waals surface area (Å²) < 4.78 is 0. The zero-order valence-corrected chi connectivity index (χ0v) is 9.59. The summed E-state index contributed by atoms with van der Waals surface area (Å²) in [6.45, 7) is 1.84. The van der Waals surface area contributed by atoms with Crippen LogP contribution in [0.2, 0.25) is 0 Å². The maximum absolute atomic E-state index is 9.36. The Morgan fingerprint density at radius 3 is 2.53 bits per heavy atom. The van der Waals surface area contributed by atoms with Crippen LogP contribution in [0.1, 0.15) is 12.5 Å². The largest absolute Gasteiger partial charge is 0.364 e. The highest BCUT2D eigenvalue weighted by atomic mass is 15.0. The standard InChI is InChI=1S/C14H13N3/c1-14(11-15,12-6-5-9-16-10-12)17-13-7-3-2-4-8-13/h2-10,17H,1H3. The van der Waals surface area contributed by atoms with Crippen LogP contribution in [0.15, 0.2) is 54.9 Å². The molecule has 1 aromatic carbocycles. The number of hydrogen-bond acceptors (Lipinski definition) is 3. The molecule has 0 saturated carbocycles. The minimum atomic E-state index is -0.768. The zero-order valence-electron chi connectivity index (χ0n) is 9.59. The molecule has 1 aromatic heterocycles. The molecule has 0 bridgehead atoms. The molecule has 0 saturated heterocycles. The molecular formula is C14H13N3. The normalized spacial score (nSPS) is 13.4. The maximum Gasteiger partial charge on any atom is 0.149 e. The minimum absolute atomic E-state index is 0.768. The molecular weight excluding hydrogens is 210 g/mol. The summed E-state index contributed by atoms with van der Waals surface area (Å²) in [5.41, 5.74) is 1.00. The number of anilines is 1. The average molecular weight is 223 g/mol. The number of aromatic nitrogens is 1. The molecule has 0 amide bonds. The molecule has 0 aliphatic heterocycles. The van der Waals surface area contributed by atoms with Gasteiger partial charge in [0.25, 0.3) is 0 Å². The smallest absolute Gasteiger partial charge is 0.149 e. The van der Waals surface area contributed by atoms with E-state index >= 15 is 0 Å². The number of benzene rings is 1. The average Bonchev–Trinajstić information content (AvgIpc) is 2.41. The van der Waals surface area contributed by atoms with Crippen molar-refractivity contribution in [3.8, 4) is 6.07 Å². The number of pyridine rings is 1. The first-order valence-corrected chi connectivity index (χ1v) is 5.39. The van der Waals surface area contributed by atoms with Gasteiger partial charge in [0.1, 0.15) is 5.54 Å². The van der Waals surface area contributed by atoms with E-state index in [1.807, 2.05) is 49.4 Å². The lowest BCUT2D eigenvalue weighted by Gasteiger charge is -2.24. The van der Waals surface area contributed by atoms with Crippen LogP contribution in [0.4, 0.5) is 5.69 Å². The fraction of sp³-hybridized carbons (Fsp3) is 0.143. The summed E-state index contributed by atoms with van der Waals surface area (Å²) in [7, 11) is 0. The number of nitrogens with zero attached hydrogens (tertiary/aromatic N) is 2. The minimum Gasteiger partial charge on any atom is -0.364 e. The maximum atomic E-state index is 9.36. The molecule has 2 rings (SSSR count). The van der Waals surface area contributed by atoms with E-state index in [4.69, 9.17) is 0 Å². The fourth-order valence-corrected chi connectivity index (χ4v) is 1.63. The van der Waals surface area contributed by atoms with Crippen molar-refractivity contribution < 1.29 is 0 Å². The third-order valence-corrected chi connectivity index (χ3v) is 2.63. The zero-order chi connectivity index (χ0) is 12.1. The molecule has 1 heterocycles. The van der Waals surface area contributed by atoms with E-state index in [2.05, 4.69) is 16.4 Å². The van der Waals surface area contributed by atoms with Gasteiger partial charge in [0.2, 0.25) is 0 Å². The second-order valence-corrected chi connectivity index (χ2v) is 3.97. The van der Waals surface area contributed by atoms with Crippen LogP contribution in [0.3, 0.4) is 0 Å². The molecule has 84 valence electrons. The molecule has 0 aliphatic carbocycles. The monoisotopic (exact) mass is 223 g/mol. The summed E-state index contributed by atoms with van der Waals surface area (Å²) in [5.74, 6) is 0. The molecule has 0 radical (unpaired) electrons. The quantitative estimate of drug-likeness (QED) is 0.870. The SMILES string of the molecule is CC(C#N)(Nc1ccccc1)c1cccnc1.